The Kier molecular flexibility index (Phi) is 4.53. The molecule has 18 heavy (non-hydrogen) atoms. The van der Waals surface area contributed by atoms with Crippen LogP contribution in [-0.4, -0.2) is 26.2 Å². The highest BCUT2D eigenvalue weighted by atomic mass is 32.2. The summed E-state index contributed by atoms with van der Waals surface area (Å²) in [6.45, 7) is 9.17. The molecule has 0 spiro atoms. The van der Waals surface area contributed by atoms with Crippen LogP contribution in [0.15, 0.2) is 11.0 Å². The Morgan fingerprint density at radius 3 is 2.22 bits per heavy atom. The summed E-state index contributed by atoms with van der Waals surface area (Å²) < 4.78 is 26.7. The van der Waals surface area contributed by atoms with Crippen molar-refractivity contribution in [2.24, 2.45) is 0 Å². The average Bonchev–Trinajstić information content (AvgIpc) is 2.28. The van der Waals surface area contributed by atoms with Crippen molar-refractivity contribution < 1.29 is 13.5 Å². The second-order valence-electron chi connectivity index (χ2n) is 4.77. The third kappa shape index (κ3) is 3.10. The zero-order valence-corrected chi connectivity index (χ0v) is 12.4. The van der Waals surface area contributed by atoms with E-state index in [0.717, 1.165) is 22.3 Å². The molecule has 1 aromatic rings. The van der Waals surface area contributed by atoms with E-state index in [4.69, 9.17) is 5.11 Å². The van der Waals surface area contributed by atoms with Gasteiger partial charge in [0.15, 0.2) is 0 Å². The molecule has 0 saturated carbocycles. The van der Waals surface area contributed by atoms with Gasteiger partial charge in [-0.1, -0.05) is 0 Å². The van der Waals surface area contributed by atoms with E-state index in [1.807, 2.05) is 20.8 Å². The lowest BCUT2D eigenvalue weighted by atomic mass is 10.00. The van der Waals surface area contributed by atoms with Gasteiger partial charge < -0.3 is 5.11 Å². The molecule has 0 aromatic heterocycles. The van der Waals surface area contributed by atoms with Gasteiger partial charge in [0.05, 0.1) is 11.0 Å². The molecule has 1 aromatic carbocycles. The SMILES string of the molecule is Cc1cc(S(=O)(=O)NCC(C)O)c(C)c(C)c1C. The van der Waals surface area contributed by atoms with Gasteiger partial charge >= 0.3 is 0 Å². The van der Waals surface area contributed by atoms with Gasteiger partial charge in [-0.25, -0.2) is 13.1 Å². The van der Waals surface area contributed by atoms with Crippen LogP contribution in [0, 0.1) is 27.7 Å². The van der Waals surface area contributed by atoms with Crippen molar-refractivity contribution in [3.8, 4) is 0 Å². The van der Waals surface area contributed by atoms with Crippen LogP contribution >= 0.6 is 0 Å². The molecule has 5 heteroatoms. The molecule has 0 fully saturated rings. The predicted octanol–water partition coefficient (Wildman–Crippen LogP) is 1.58. The lowest BCUT2D eigenvalue weighted by Crippen LogP contribution is -2.31. The summed E-state index contributed by atoms with van der Waals surface area (Å²) in [4.78, 5) is 0.295. The van der Waals surface area contributed by atoms with Crippen LogP contribution in [0.3, 0.4) is 0 Å². The largest absolute Gasteiger partial charge is 0.392 e. The second kappa shape index (κ2) is 5.38. The molecule has 4 nitrogen and oxygen atoms in total. The standard InChI is InChI=1S/C13H21NO3S/c1-8-6-13(12(5)11(4)10(8)3)18(16,17)14-7-9(2)15/h6,9,14-15H,7H2,1-5H3. The molecule has 0 saturated heterocycles. The highest BCUT2D eigenvalue weighted by Crippen LogP contribution is 2.24. The minimum Gasteiger partial charge on any atom is -0.392 e. The number of aliphatic hydroxyl groups is 1. The maximum Gasteiger partial charge on any atom is 0.240 e. The number of hydrogen-bond donors (Lipinski definition) is 2. The van der Waals surface area contributed by atoms with Crippen molar-refractivity contribution >= 4 is 10.0 Å². The summed E-state index contributed by atoms with van der Waals surface area (Å²) in [7, 11) is -3.56. The summed E-state index contributed by atoms with van der Waals surface area (Å²) in [6.07, 6.45) is -0.701. The second-order valence-corrected chi connectivity index (χ2v) is 6.50. The minimum atomic E-state index is -3.56. The third-order valence-electron chi connectivity index (χ3n) is 3.29. The van der Waals surface area contributed by atoms with Gasteiger partial charge in [0.1, 0.15) is 0 Å². The number of benzene rings is 1. The maximum atomic E-state index is 12.2. The van der Waals surface area contributed by atoms with E-state index >= 15 is 0 Å². The molecule has 102 valence electrons. The molecule has 0 radical (unpaired) electrons. The van der Waals surface area contributed by atoms with Crippen molar-refractivity contribution in [3.63, 3.8) is 0 Å². The van der Waals surface area contributed by atoms with Crippen LogP contribution in [-0.2, 0) is 10.0 Å². The van der Waals surface area contributed by atoms with Crippen molar-refractivity contribution in [3.05, 3.63) is 28.3 Å². The monoisotopic (exact) mass is 271 g/mol. The molecule has 0 heterocycles. The molecule has 1 atom stereocenters. The smallest absolute Gasteiger partial charge is 0.240 e. The van der Waals surface area contributed by atoms with Gasteiger partial charge in [0, 0.05) is 6.54 Å². The summed E-state index contributed by atoms with van der Waals surface area (Å²) >= 11 is 0. The van der Waals surface area contributed by atoms with Crippen LogP contribution < -0.4 is 4.72 Å². The van der Waals surface area contributed by atoms with Crippen molar-refractivity contribution in [1.82, 2.24) is 4.72 Å². The topological polar surface area (TPSA) is 66.4 Å². The fourth-order valence-corrected chi connectivity index (χ4v) is 3.27. The molecule has 0 amide bonds. The van der Waals surface area contributed by atoms with E-state index in [2.05, 4.69) is 4.72 Å². The van der Waals surface area contributed by atoms with E-state index in [-0.39, 0.29) is 6.54 Å². The third-order valence-corrected chi connectivity index (χ3v) is 4.84. The van der Waals surface area contributed by atoms with E-state index < -0.39 is 16.1 Å². The van der Waals surface area contributed by atoms with Crippen molar-refractivity contribution in [2.75, 3.05) is 6.54 Å². The van der Waals surface area contributed by atoms with Crippen LogP contribution in [0.25, 0.3) is 0 Å². The molecule has 0 aliphatic rings. The fourth-order valence-electron chi connectivity index (χ4n) is 1.76. The van der Waals surface area contributed by atoms with E-state index in [9.17, 15) is 8.42 Å². The number of nitrogens with one attached hydrogen (secondary N) is 1. The number of aliphatic hydroxyl groups excluding tert-OH is 1. The van der Waals surface area contributed by atoms with Gasteiger partial charge in [0.25, 0.3) is 0 Å². The molecule has 1 unspecified atom stereocenters. The Bertz CT molecular complexity index is 548. The van der Waals surface area contributed by atoms with E-state index in [1.165, 1.54) is 0 Å². The summed E-state index contributed by atoms with van der Waals surface area (Å²) in [5, 5.41) is 9.16. The first-order valence-corrected chi connectivity index (χ1v) is 7.40. The Balaban J connectivity index is 3.25. The zero-order valence-electron chi connectivity index (χ0n) is 11.5. The van der Waals surface area contributed by atoms with Crippen molar-refractivity contribution in [1.29, 1.82) is 0 Å². The highest BCUT2D eigenvalue weighted by molar-refractivity contribution is 7.89. The first-order valence-electron chi connectivity index (χ1n) is 5.92. The number of aryl methyl sites for hydroxylation is 1. The first-order chi connectivity index (χ1) is 8.16. The van der Waals surface area contributed by atoms with Gasteiger partial charge in [0.2, 0.25) is 10.0 Å². The lowest BCUT2D eigenvalue weighted by Gasteiger charge is -2.15. The van der Waals surface area contributed by atoms with Gasteiger partial charge in [-0.15, -0.1) is 0 Å². The van der Waals surface area contributed by atoms with E-state index in [0.29, 0.717) is 4.90 Å². The quantitative estimate of drug-likeness (QED) is 0.873. The summed E-state index contributed by atoms with van der Waals surface area (Å²) in [6, 6.07) is 1.68. The zero-order chi connectivity index (χ0) is 14.1. The van der Waals surface area contributed by atoms with Crippen molar-refractivity contribution in [2.45, 2.75) is 45.6 Å². The lowest BCUT2D eigenvalue weighted by molar-refractivity contribution is 0.198. The normalized spacial score (nSPS) is 13.7. The van der Waals surface area contributed by atoms with Gasteiger partial charge in [-0.2, -0.15) is 0 Å². The predicted molar refractivity (Wildman–Crippen MR) is 72.3 cm³/mol. The molecular formula is C13H21NO3S. The van der Waals surface area contributed by atoms with Crippen LogP contribution in [0.1, 0.15) is 29.2 Å². The summed E-state index contributed by atoms with van der Waals surface area (Å²) in [5.41, 5.74) is 3.82. The fraction of sp³-hybridized carbons (Fsp3) is 0.538. The van der Waals surface area contributed by atoms with Crippen LogP contribution in [0.2, 0.25) is 0 Å². The van der Waals surface area contributed by atoms with Crippen LogP contribution in [0.5, 0.6) is 0 Å². The molecular weight excluding hydrogens is 250 g/mol. The first kappa shape index (κ1) is 15.1. The number of rotatable bonds is 4. The average molecular weight is 271 g/mol. The molecule has 0 bridgehead atoms. The number of sulfonamides is 1. The Morgan fingerprint density at radius 2 is 1.72 bits per heavy atom. The maximum absolute atomic E-state index is 12.2. The highest BCUT2D eigenvalue weighted by Gasteiger charge is 2.19. The molecule has 2 N–H and O–H groups in total. The van der Waals surface area contributed by atoms with Crippen LogP contribution in [0.4, 0.5) is 0 Å². The summed E-state index contributed by atoms with van der Waals surface area (Å²) in [5.74, 6) is 0. The number of hydrogen-bond acceptors (Lipinski definition) is 3. The van der Waals surface area contributed by atoms with E-state index in [1.54, 1.807) is 19.9 Å². The minimum absolute atomic E-state index is 0.0216. The Morgan fingerprint density at radius 1 is 1.17 bits per heavy atom. The molecule has 1 rings (SSSR count). The Hall–Kier alpha value is -0.910. The van der Waals surface area contributed by atoms with Gasteiger partial charge in [-0.05, 0) is 62.9 Å². The molecule has 0 aliphatic heterocycles. The molecule has 0 aliphatic carbocycles. The van der Waals surface area contributed by atoms with Gasteiger partial charge in [-0.3, -0.25) is 0 Å². The Labute approximate surface area is 109 Å².